The van der Waals surface area contributed by atoms with Crippen LogP contribution in [0.4, 0.5) is 10.5 Å². The Morgan fingerprint density at radius 1 is 1.31 bits per heavy atom. The molecule has 8 heteroatoms. The number of imide groups is 1. The maximum absolute atomic E-state index is 13.5. The van der Waals surface area contributed by atoms with E-state index in [4.69, 9.17) is 5.73 Å². The van der Waals surface area contributed by atoms with Crippen LogP contribution >= 0.6 is 0 Å². The van der Waals surface area contributed by atoms with Gasteiger partial charge in [-0.15, -0.1) is 0 Å². The number of nitrogens with one attached hydrogen (secondary N) is 1. The van der Waals surface area contributed by atoms with Crippen LogP contribution in [-0.4, -0.2) is 53.1 Å². The number of aliphatic hydroxyl groups is 1. The van der Waals surface area contributed by atoms with Gasteiger partial charge in [0.05, 0.1) is 6.10 Å². The normalized spacial score (nSPS) is 28.3. The number of primary amides is 1. The zero-order chi connectivity index (χ0) is 20.5. The minimum atomic E-state index is -1.11. The number of β-amino-alcohol motifs (C(OH)–C–C–N with tert-alkyl or cyclic N) is 1. The molecule has 2 saturated heterocycles. The van der Waals surface area contributed by atoms with Crippen LogP contribution in [-0.2, 0) is 21.5 Å². The number of hydrogen-bond acceptors (Lipinski definition) is 5. The maximum Gasteiger partial charge on any atom is 0.326 e. The monoisotopic (exact) mass is 398 g/mol. The van der Waals surface area contributed by atoms with Crippen molar-refractivity contribution in [2.24, 2.45) is 17.6 Å². The van der Waals surface area contributed by atoms with Gasteiger partial charge in [-0.2, -0.15) is 0 Å². The van der Waals surface area contributed by atoms with Gasteiger partial charge in [0.2, 0.25) is 5.91 Å². The molecular formula is C21H26N4O4. The van der Waals surface area contributed by atoms with Gasteiger partial charge in [0.15, 0.2) is 0 Å². The number of carbonyl (C=O) groups is 3. The lowest BCUT2D eigenvalue weighted by atomic mass is 9.89. The number of anilines is 1. The van der Waals surface area contributed by atoms with Crippen LogP contribution in [0.2, 0.25) is 0 Å². The van der Waals surface area contributed by atoms with Crippen molar-refractivity contribution in [1.29, 1.82) is 0 Å². The van der Waals surface area contributed by atoms with Crippen molar-refractivity contribution in [3.05, 3.63) is 29.3 Å². The molecule has 2 aliphatic carbocycles. The standard InChI is InChI=1S/C21H26N4O4/c1-11(12-2-3-12)17(18(22)27)25-19(28)21(23-20(25)29)7-6-13-8-14(4-5-16(13)21)24-9-15(26)10-24/h4-5,8,11-12,15,17,26H,2-3,6-7,9-10H2,1H3,(H2,22,27)(H,23,29)/t11-,17?,21?/m0/s1. The zero-order valence-electron chi connectivity index (χ0n) is 16.4. The highest BCUT2D eigenvalue weighted by Crippen LogP contribution is 2.46. The van der Waals surface area contributed by atoms with E-state index in [0.717, 1.165) is 34.6 Å². The molecule has 2 aliphatic heterocycles. The number of urea groups is 1. The van der Waals surface area contributed by atoms with E-state index in [2.05, 4.69) is 10.2 Å². The molecule has 0 bridgehead atoms. The number of aliphatic hydroxyl groups excluding tert-OH is 1. The minimum Gasteiger partial charge on any atom is -0.389 e. The largest absolute Gasteiger partial charge is 0.389 e. The Bertz CT molecular complexity index is 908. The average molecular weight is 398 g/mol. The van der Waals surface area contributed by atoms with E-state index in [9.17, 15) is 19.5 Å². The van der Waals surface area contributed by atoms with Crippen molar-refractivity contribution in [1.82, 2.24) is 10.2 Å². The minimum absolute atomic E-state index is 0.140. The number of aryl methyl sites for hydroxylation is 1. The van der Waals surface area contributed by atoms with Gasteiger partial charge in [-0.1, -0.05) is 13.0 Å². The van der Waals surface area contributed by atoms with E-state index in [0.29, 0.717) is 31.8 Å². The van der Waals surface area contributed by atoms with Gasteiger partial charge in [0.25, 0.3) is 5.91 Å². The number of amides is 4. The van der Waals surface area contributed by atoms with Crippen molar-refractivity contribution in [2.45, 2.75) is 50.3 Å². The van der Waals surface area contributed by atoms with Gasteiger partial charge in [-0.25, -0.2) is 9.69 Å². The molecule has 1 saturated carbocycles. The molecule has 1 aromatic carbocycles. The molecule has 4 aliphatic rings. The van der Waals surface area contributed by atoms with Crippen LogP contribution in [0.25, 0.3) is 0 Å². The molecule has 0 radical (unpaired) electrons. The molecule has 29 heavy (non-hydrogen) atoms. The Labute approximate surface area is 169 Å². The van der Waals surface area contributed by atoms with Gasteiger partial charge in [0, 0.05) is 18.8 Å². The van der Waals surface area contributed by atoms with Crippen LogP contribution in [0.15, 0.2) is 18.2 Å². The first-order valence-electron chi connectivity index (χ1n) is 10.3. The van der Waals surface area contributed by atoms with E-state index in [-0.39, 0.29) is 17.9 Å². The lowest BCUT2D eigenvalue weighted by molar-refractivity contribution is -0.139. The van der Waals surface area contributed by atoms with E-state index < -0.39 is 23.5 Å². The average Bonchev–Trinajstić information content (AvgIpc) is 3.40. The summed E-state index contributed by atoms with van der Waals surface area (Å²) in [6.45, 7) is 3.11. The number of fused-ring (bicyclic) bond motifs is 2. The molecule has 154 valence electrons. The first-order chi connectivity index (χ1) is 13.8. The van der Waals surface area contributed by atoms with Crippen LogP contribution in [0.1, 0.15) is 37.3 Å². The van der Waals surface area contributed by atoms with Gasteiger partial charge >= 0.3 is 6.03 Å². The lowest BCUT2D eigenvalue weighted by Gasteiger charge is -2.38. The van der Waals surface area contributed by atoms with Crippen LogP contribution < -0.4 is 16.0 Å². The fourth-order valence-electron chi connectivity index (χ4n) is 5.22. The predicted molar refractivity (Wildman–Crippen MR) is 105 cm³/mol. The smallest absolute Gasteiger partial charge is 0.326 e. The van der Waals surface area contributed by atoms with Crippen LogP contribution in [0.5, 0.6) is 0 Å². The van der Waals surface area contributed by atoms with Crippen molar-refractivity contribution in [3.63, 3.8) is 0 Å². The number of carbonyl (C=O) groups excluding carboxylic acids is 3. The summed E-state index contributed by atoms with van der Waals surface area (Å²) in [6, 6.07) is 4.41. The molecular weight excluding hydrogens is 372 g/mol. The number of rotatable bonds is 5. The molecule has 1 spiro atoms. The predicted octanol–water partition coefficient (Wildman–Crippen LogP) is 0.461. The maximum atomic E-state index is 13.5. The molecule has 8 nitrogen and oxygen atoms in total. The summed E-state index contributed by atoms with van der Waals surface area (Å²) in [5, 5.41) is 12.4. The van der Waals surface area contributed by atoms with E-state index >= 15 is 0 Å². The third-order valence-electron chi connectivity index (χ3n) is 7.10. The summed E-state index contributed by atoms with van der Waals surface area (Å²) in [4.78, 5) is 41.8. The molecule has 4 amide bonds. The fraction of sp³-hybridized carbons (Fsp3) is 0.571. The highest BCUT2D eigenvalue weighted by molar-refractivity contribution is 6.10. The number of benzene rings is 1. The van der Waals surface area contributed by atoms with E-state index in [1.165, 1.54) is 0 Å². The molecule has 5 rings (SSSR count). The molecule has 0 aromatic heterocycles. The van der Waals surface area contributed by atoms with Crippen molar-refractivity contribution in [3.8, 4) is 0 Å². The quantitative estimate of drug-likeness (QED) is 0.623. The number of nitrogens with zero attached hydrogens (tertiary/aromatic N) is 2. The molecule has 2 heterocycles. The lowest BCUT2D eigenvalue weighted by Crippen LogP contribution is -2.53. The number of hydrogen-bond donors (Lipinski definition) is 3. The van der Waals surface area contributed by atoms with Gasteiger partial charge in [0.1, 0.15) is 11.6 Å². The third-order valence-corrected chi connectivity index (χ3v) is 7.10. The highest BCUT2D eigenvalue weighted by Gasteiger charge is 2.59. The van der Waals surface area contributed by atoms with Gasteiger partial charge < -0.3 is 21.1 Å². The van der Waals surface area contributed by atoms with E-state index in [1.807, 2.05) is 25.1 Å². The van der Waals surface area contributed by atoms with E-state index in [1.54, 1.807) is 0 Å². The second kappa shape index (κ2) is 6.19. The summed E-state index contributed by atoms with van der Waals surface area (Å²) in [7, 11) is 0. The van der Waals surface area contributed by atoms with Gasteiger partial charge in [-0.05, 0) is 60.8 Å². The highest BCUT2D eigenvalue weighted by atomic mass is 16.3. The zero-order valence-corrected chi connectivity index (χ0v) is 16.4. The van der Waals surface area contributed by atoms with Crippen LogP contribution in [0.3, 0.4) is 0 Å². The van der Waals surface area contributed by atoms with Crippen molar-refractivity contribution in [2.75, 3.05) is 18.0 Å². The number of nitrogens with two attached hydrogens (primary N) is 1. The molecule has 2 unspecified atom stereocenters. The summed E-state index contributed by atoms with van der Waals surface area (Å²) in [5.74, 6) is -0.812. The first kappa shape index (κ1) is 18.4. The second-order valence-corrected chi connectivity index (χ2v) is 8.95. The Kier molecular flexibility index (Phi) is 3.93. The Balaban J connectivity index is 1.46. The molecule has 1 aromatic rings. The molecule has 3 fully saturated rings. The third kappa shape index (κ3) is 2.65. The Morgan fingerprint density at radius 2 is 2.03 bits per heavy atom. The summed E-state index contributed by atoms with van der Waals surface area (Å²) in [5.41, 5.74) is 7.35. The SMILES string of the molecule is C[C@@H](C1CC1)C(C(N)=O)N1C(=O)NC2(CCc3cc(N4CC(O)C4)ccc32)C1=O. The van der Waals surface area contributed by atoms with Crippen molar-refractivity contribution < 1.29 is 19.5 Å². The second-order valence-electron chi connectivity index (χ2n) is 8.95. The molecule has 4 N–H and O–H groups in total. The summed E-state index contributed by atoms with van der Waals surface area (Å²) in [6.07, 6.45) is 2.84. The summed E-state index contributed by atoms with van der Waals surface area (Å²) < 4.78 is 0. The fourth-order valence-corrected chi connectivity index (χ4v) is 5.22. The van der Waals surface area contributed by atoms with Crippen molar-refractivity contribution >= 4 is 23.5 Å². The summed E-state index contributed by atoms with van der Waals surface area (Å²) >= 11 is 0. The van der Waals surface area contributed by atoms with Crippen LogP contribution in [0, 0.1) is 11.8 Å². The molecule has 3 atom stereocenters. The first-order valence-corrected chi connectivity index (χ1v) is 10.3. The Hall–Kier alpha value is -2.61. The topological polar surface area (TPSA) is 116 Å². The Morgan fingerprint density at radius 3 is 2.66 bits per heavy atom. The van der Waals surface area contributed by atoms with Gasteiger partial charge in [-0.3, -0.25) is 9.59 Å².